The average molecular weight is 528 g/mol. The van der Waals surface area contributed by atoms with Crippen molar-refractivity contribution in [1.82, 2.24) is 14.9 Å². The van der Waals surface area contributed by atoms with E-state index in [-0.39, 0.29) is 29.7 Å². The molecule has 0 saturated heterocycles. The van der Waals surface area contributed by atoms with Crippen molar-refractivity contribution in [2.24, 2.45) is 4.99 Å². The second-order valence-electron chi connectivity index (χ2n) is 6.89. The summed E-state index contributed by atoms with van der Waals surface area (Å²) in [5, 5.41) is 3.39. The highest BCUT2D eigenvalue weighted by Crippen LogP contribution is 2.18. The smallest absolute Gasteiger partial charge is 0.215 e. The van der Waals surface area contributed by atoms with E-state index in [2.05, 4.69) is 46.1 Å². The van der Waals surface area contributed by atoms with Gasteiger partial charge in [-0.1, -0.05) is 48.5 Å². The molecule has 0 aromatic heterocycles. The SMILES string of the molecule is CCNC(=NCc1ccc(CS(=O)(=O)NC)cc1)N1CCc2ccccc2C1.I. The lowest BCUT2D eigenvalue weighted by Crippen LogP contribution is -2.44. The second kappa shape index (κ2) is 10.9. The fraction of sp³-hybridized carbons (Fsp3) is 0.381. The van der Waals surface area contributed by atoms with E-state index < -0.39 is 10.0 Å². The minimum Gasteiger partial charge on any atom is -0.356 e. The Kier molecular flexibility index (Phi) is 8.91. The predicted molar refractivity (Wildman–Crippen MR) is 129 cm³/mol. The zero-order valence-electron chi connectivity index (χ0n) is 16.9. The Morgan fingerprint density at radius 1 is 1.07 bits per heavy atom. The van der Waals surface area contributed by atoms with Crippen LogP contribution < -0.4 is 10.0 Å². The van der Waals surface area contributed by atoms with E-state index in [1.807, 2.05) is 24.3 Å². The molecule has 6 nitrogen and oxygen atoms in total. The third-order valence-electron chi connectivity index (χ3n) is 4.87. The fourth-order valence-corrected chi connectivity index (χ4v) is 4.08. The molecule has 8 heteroatoms. The topological polar surface area (TPSA) is 73.8 Å². The van der Waals surface area contributed by atoms with Crippen LogP contribution >= 0.6 is 24.0 Å². The predicted octanol–water partition coefficient (Wildman–Crippen LogP) is 2.88. The van der Waals surface area contributed by atoms with Gasteiger partial charge in [0.2, 0.25) is 10.0 Å². The number of nitrogens with one attached hydrogen (secondary N) is 2. The van der Waals surface area contributed by atoms with Crippen molar-refractivity contribution < 1.29 is 8.42 Å². The third kappa shape index (κ3) is 6.68. The Hall–Kier alpha value is -1.65. The summed E-state index contributed by atoms with van der Waals surface area (Å²) in [5.41, 5.74) is 4.59. The van der Waals surface area contributed by atoms with E-state index in [1.54, 1.807) is 0 Å². The van der Waals surface area contributed by atoms with E-state index in [1.165, 1.54) is 18.2 Å². The van der Waals surface area contributed by atoms with Crippen LogP contribution in [-0.4, -0.2) is 39.4 Å². The summed E-state index contributed by atoms with van der Waals surface area (Å²) >= 11 is 0. The van der Waals surface area contributed by atoms with E-state index in [0.717, 1.165) is 43.1 Å². The van der Waals surface area contributed by atoms with Gasteiger partial charge >= 0.3 is 0 Å². The minimum absolute atomic E-state index is 0. The fourth-order valence-electron chi connectivity index (χ4n) is 3.30. The molecule has 1 aliphatic heterocycles. The summed E-state index contributed by atoms with van der Waals surface area (Å²) in [7, 11) is -1.82. The van der Waals surface area contributed by atoms with E-state index in [9.17, 15) is 8.42 Å². The maximum atomic E-state index is 11.7. The maximum absolute atomic E-state index is 11.7. The summed E-state index contributed by atoms with van der Waals surface area (Å²) in [4.78, 5) is 7.09. The number of fused-ring (bicyclic) bond motifs is 1. The molecule has 3 rings (SSSR count). The van der Waals surface area contributed by atoms with Crippen LogP contribution in [0.3, 0.4) is 0 Å². The van der Waals surface area contributed by atoms with Gasteiger partial charge in [-0.15, -0.1) is 24.0 Å². The highest BCUT2D eigenvalue weighted by molar-refractivity contribution is 14.0. The first-order valence-electron chi connectivity index (χ1n) is 9.60. The number of halogens is 1. The van der Waals surface area contributed by atoms with Crippen molar-refractivity contribution in [3.8, 4) is 0 Å². The van der Waals surface area contributed by atoms with Crippen LogP contribution in [0.15, 0.2) is 53.5 Å². The van der Waals surface area contributed by atoms with Gasteiger partial charge in [-0.3, -0.25) is 0 Å². The lowest BCUT2D eigenvalue weighted by molar-refractivity contribution is 0.378. The molecule has 0 amide bonds. The molecule has 2 aromatic rings. The molecule has 2 aromatic carbocycles. The largest absolute Gasteiger partial charge is 0.356 e. The molecule has 29 heavy (non-hydrogen) atoms. The van der Waals surface area contributed by atoms with Crippen molar-refractivity contribution in [3.63, 3.8) is 0 Å². The van der Waals surface area contributed by atoms with Crippen LogP contribution in [0, 0.1) is 0 Å². The number of hydrogen-bond acceptors (Lipinski definition) is 3. The van der Waals surface area contributed by atoms with E-state index >= 15 is 0 Å². The van der Waals surface area contributed by atoms with Crippen molar-refractivity contribution in [3.05, 3.63) is 70.8 Å². The lowest BCUT2D eigenvalue weighted by Gasteiger charge is -2.31. The van der Waals surface area contributed by atoms with Crippen molar-refractivity contribution in [1.29, 1.82) is 0 Å². The first-order valence-corrected chi connectivity index (χ1v) is 11.2. The van der Waals surface area contributed by atoms with Gasteiger partial charge in [-0.25, -0.2) is 18.1 Å². The van der Waals surface area contributed by atoms with Crippen LogP contribution in [0.25, 0.3) is 0 Å². The summed E-state index contributed by atoms with van der Waals surface area (Å²) in [6.07, 6.45) is 1.02. The molecular formula is C21H29IN4O2S. The first-order chi connectivity index (χ1) is 13.5. The first kappa shape index (κ1) is 23.6. The normalized spacial score (nSPS) is 14.1. The second-order valence-corrected chi connectivity index (χ2v) is 8.82. The molecule has 1 aliphatic rings. The molecule has 0 atom stereocenters. The van der Waals surface area contributed by atoms with E-state index in [0.29, 0.717) is 6.54 Å². The lowest BCUT2D eigenvalue weighted by atomic mass is 10.0. The Morgan fingerprint density at radius 3 is 2.38 bits per heavy atom. The van der Waals surface area contributed by atoms with Crippen LogP contribution in [0.2, 0.25) is 0 Å². The van der Waals surface area contributed by atoms with Gasteiger partial charge in [-0.2, -0.15) is 0 Å². The van der Waals surface area contributed by atoms with Crippen LogP contribution in [0.1, 0.15) is 29.2 Å². The molecule has 0 saturated carbocycles. The number of aliphatic imine (C=N–C) groups is 1. The van der Waals surface area contributed by atoms with Gasteiger partial charge in [0, 0.05) is 19.6 Å². The summed E-state index contributed by atoms with van der Waals surface area (Å²) in [6, 6.07) is 16.2. The van der Waals surface area contributed by atoms with Gasteiger partial charge in [0.25, 0.3) is 0 Å². The van der Waals surface area contributed by atoms with Gasteiger partial charge in [0.05, 0.1) is 12.3 Å². The average Bonchev–Trinajstić information content (AvgIpc) is 2.71. The number of benzene rings is 2. The summed E-state index contributed by atoms with van der Waals surface area (Å²) in [6.45, 7) is 5.26. The molecule has 2 N–H and O–H groups in total. The number of sulfonamides is 1. The maximum Gasteiger partial charge on any atom is 0.215 e. The van der Waals surface area contributed by atoms with Crippen LogP contribution in [-0.2, 0) is 35.3 Å². The van der Waals surface area contributed by atoms with Gasteiger partial charge < -0.3 is 10.2 Å². The zero-order valence-corrected chi connectivity index (χ0v) is 20.0. The molecule has 0 radical (unpaired) electrons. The van der Waals surface area contributed by atoms with E-state index in [4.69, 9.17) is 4.99 Å². The molecular weight excluding hydrogens is 499 g/mol. The van der Waals surface area contributed by atoms with Crippen molar-refractivity contribution in [2.75, 3.05) is 20.1 Å². The molecule has 0 fully saturated rings. The molecule has 158 valence electrons. The van der Waals surface area contributed by atoms with Crippen LogP contribution in [0.4, 0.5) is 0 Å². The Labute approximate surface area is 190 Å². The highest BCUT2D eigenvalue weighted by Gasteiger charge is 2.18. The van der Waals surface area contributed by atoms with Crippen molar-refractivity contribution in [2.45, 2.75) is 32.2 Å². The zero-order chi connectivity index (χ0) is 20.0. The standard InChI is InChI=1S/C21H28N4O2S.HI/c1-3-23-21(25-13-12-19-6-4-5-7-20(19)15-25)24-14-17-8-10-18(11-9-17)16-28(26,27)22-2;/h4-11,22H,3,12-16H2,1-2H3,(H,23,24);1H. The quantitative estimate of drug-likeness (QED) is 0.344. The summed E-state index contributed by atoms with van der Waals surface area (Å²) < 4.78 is 25.7. The Balaban J connectivity index is 0.00000300. The van der Waals surface area contributed by atoms with Gasteiger partial charge in [0.1, 0.15) is 0 Å². The number of rotatable bonds is 6. The third-order valence-corrected chi connectivity index (χ3v) is 6.20. The molecule has 0 unspecified atom stereocenters. The molecule has 1 heterocycles. The van der Waals surface area contributed by atoms with Gasteiger partial charge in [-0.05, 0) is 42.6 Å². The Morgan fingerprint density at radius 2 is 1.72 bits per heavy atom. The molecule has 0 bridgehead atoms. The number of hydrogen-bond donors (Lipinski definition) is 2. The molecule has 0 spiro atoms. The van der Waals surface area contributed by atoms with Crippen LogP contribution in [0.5, 0.6) is 0 Å². The minimum atomic E-state index is -3.25. The number of nitrogens with zero attached hydrogens (tertiary/aromatic N) is 2. The Bertz CT molecular complexity index is 930. The highest BCUT2D eigenvalue weighted by atomic mass is 127. The van der Waals surface area contributed by atoms with Crippen molar-refractivity contribution >= 4 is 40.0 Å². The monoisotopic (exact) mass is 528 g/mol. The number of guanidine groups is 1. The summed E-state index contributed by atoms with van der Waals surface area (Å²) in [5.74, 6) is 0.905. The van der Waals surface area contributed by atoms with Gasteiger partial charge in [0.15, 0.2) is 5.96 Å². The molecule has 0 aliphatic carbocycles.